The van der Waals surface area contributed by atoms with Crippen LogP contribution >= 0.6 is 11.3 Å². The topological polar surface area (TPSA) is 65.5 Å². The highest BCUT2D eigenvalue weighted by molar-refractivity contribution is 7.13. The summed E-state index contributed by atoms with van der Waals surface area (Å²) in [5.74, 6) is -0.609. The molecular formula is C19H15NO4S. The van der Waals surface area contributed by atoms with E-state index >= 15 is 0 Å². The van der Waals surface area contributed by atoms with Crippen molar-refractivity contribution < 1.29 is 19.1 Å². The zero-order valence-electron chi connectivity index (χ0n) is 13.5. The van der Waals surface area contributed by atoms with Gasteiger partial charge in [-0.15, -0.1) is 11.3 Å². The Kier molecular flexibility index (Phi) is 5.20. The molecule has 0 aliphatic rings. The first-order chi connectivity index (χ1) is 12.2. The first kappa shape index (κ1) is 16.9. The van der Waals surface area contributed by atoms with Crippen LogP contribution in [0.15, 0.2) is 60.0 Å². The number of carbonyl (C=O) groups is 2. The predicted molar refractivity (Wildman–Crippen MR) is 94.9 cm³/mol. The lowest BCUT2D eigenvalue weighted by Crippen LogP contribution is -2.09. The highest BCUT2D eigenvalue weighted by Gasteiger charge is 2.14. The second-order valence-corrected chi connectivity index (χ2v) is 5.90. The number of rotatable bonds is 5. The number of esters is 2. The van der Waals surface area contributed by atoms with Gasteiger partial charge in [0.25, 0.3) is 0 Å². The second kappa shape index (κ2) is 7.72. The van der Waals surface area contributed by atoms with Crippen LogP contribution in [0.4, 0.5) is 0 Å². The molecule has 126 valence electrons. The number of thiazole rings is 1. The molecule has 0 N–H and O–H groups in total. The van der Waals surface area contributed by atoms with Crippen molar-refractivity contribution in [1.82, 2.24) is 4.98 Å². The van der Waals surface area contributed by atoms with E-state index in [9.17, 15) is 9.59 Å². The lowest BCUT2D eigenvalue weighted by Gasteiger charge is -2.04. The Bertz CT molecular complexity index is 872. The molecule has 6 heteroatoms. The smallest absolute Gasteiger partial charge is 0.363 e. The normalized spacial score (nSPS) is 10.3. The first-order valence-electron chi connectivity index (χ1n) is 7.67. The average Bonchev–Trinajstić information content (AvgIpc) is 3.13. The third kappa shape index (κ3) is 4.10. The summed E-state index contributed by atoms with van der Waals surface area (Å²) in [6.07, 6.45) is 0. The minimum absolute atomic E-state index is 0.248. The molecule has 0 radical (unpaired) electrons. The summed E-state index contributed by atoms with van der Waals surface area (Å²) >= 11 is 1.38. The highest BCUT2D eigenvalue weighted by atomic mass is 32.1. The lowest BCUT2D eigenvalue weighted by molar-refractivity contribution is 0.0526. The zero-order chi connectivity index (χ0) is 17.6. The number of carbonyl (C=O) groups excluding carboxylic acids is 2. The van der Waals surface area contributed by atoms with Gasteiger partial charge in [-0.05, 0) is 31.2 Å². The minimum atomic E-state index is -0.540. The van der Waals surface area contributed by atoms with Gasteiger partial charge in [0, 0.05) is 10.9 Å². The maximum Gasteiger partial charge on any atom is 0.363 e. The van der Waals surface area contributed by atoms with Crippen molar-refractivity contribution in [1.29, 1.82) is 0 Å². The quantitative estimate of drug-likeness (QED) is 0.508. The summed E-state index contributed by atoms with van der Waals surface area (Å²) < 4.78 is 10.2. The van der Waals surface area contributed by atoms with Gasteiger partial charge in [-0.3, -0.25) is 0 Å². The summed E-state index contributed by atoms with van der Waals surface area (Å²) in [7, 11) is 0. The van der Waals surface area contributed by atoms with Crippen LogP contribution in [0.2, 0.25) is 0 Å². The number of benzene rings is 2. The summed E-state index contributed by atoms with van der Waals surface area (Å²) in [6.45, 7) is 2.05. The molecule has 0 saturated heterocycles. The van der Waals surface area contributed by atoms with Gasteiger partial charge in [-0.25, -0.2) is 14.6 Å². The molecule has 0 bridgehead atoms. The van der Waals surface area contributed by atoms with Gasteiger partial charge in [-0.1, -0.05) is 30.3 Å². The first-order valence-corrected chi connectivity index (χ1v) is 8.55. The second-order valence-electron chi connectivity index (χ2n) is 5.04. The Morgan fingerprint density at radius 2 is 1.72 bits per heavy atom. The molecule has 0 unspecified atom stereocenters. The van der Waals surface area contributed by atoms with E-state index in [1.807, 2.05) is 30.3 Å². The molecule has 0 aliphatic heterocycles. The van der Waals surface area contributed by atoms with E-state index in [4.69, 9.17) is 9.47 Å². The Morgan fingerprint density at radius 3 is 2.40 bits per heavy atom. The monoisotopic (exact) mass is 353 g/mol. The number of hydrogen-bond donors (Lipinski definition) is 0. The van der Waals surface area contributed by atoms with E-state index in [0.29, 0.717) is 17.9 Å². The predicted octanol–water partition coefficient (Wildman–Crippen LogP) is 4.21. The Balaban J connectivity index is 1.68. The van der Waals surface area contributed by atoms with Crippen LogP contribution < -0.4 is 4.74 Å². The number of nitrogens with zero attached hydrogens (tertiary/aromatic N) is 1. The lowest BCUT2D eigenvalue weighted by atomic mass is 10.2. The van der Waals surface area contributed by atoms with E-state index in [1.165, 1.54) is 11.3 Å². The number of hydrogen-bond acceptors (Lipinski definition) is 6. The number of ether oxygens (including phenoxy) is 2. The van der Waals surface area contributed by atoms with E-state index in [0.717, 1.165) is 10.6 Å². The average molecular weight is 353 g/mol. The summed E-state index contributed by atoms with van der Waals surface area (Å²) in [6, 6.07) is 15.8. The van der Waals surface area contributed by atoms with Crippen LogP contribution in [-0.2, 0) is 4.74 Å². The van der Waals surface area contributed by atoms with E-state index in [-0.39, 0.29) is 5.69 Å². The van der Waals surface area contributed by atoms with E-state index in [1.54, 1.807) is 36.6 Å². The minimum Gasteiger partial charge on any atom is -0.462 e. The van der Waals surface area contributed by atoms with Gasteiger partial charge < -0.3 is 9.47 Å². The Labute approximate surface area is 148 Å². The zero-order valence-corrected chi connectivity index (χ0v) is 14.3. The highest BCUT2D eigenvalue weighted by Crippen LogP contribution is 2.24. The molecule has 0 fully saturated rings. The molecule has 5 nitrogen and oxygen atoms in total. The summed E-state index contributed by atoms with van der Waals surface area (Å²) in [5.41, 5.74) is 1.60. The van der Waals surface area contributed by atoms with Crippen molar-refractivity contribution in [2.75, 3.05) is 6.61 Å². The summed E-state index contributed by atoms with van der Waals surface area (Å²) in [4.78, 5) is 28.1. The van der Waals surface area contributed by atoms with Gasteiger partial charge in [0.05, 0.1) is 12.2 Å². The number of aromatic nitrogens is 1. The molecule has 0 aliphatic carbocycles. The molecule has 3 aromatic rings. The SMILES string of the molecule is CCOC(=O)c1ccc(OC(=O)c2csc(-c3ccccc3)n2)cc1. The van der Waals surface area contributed by atoms with Crippen LogP contribution in [0.5, 0.6) is 5.75 Å². The third-order valence-corrected chi connectivity index (χ3v) is 4.20. The van der Waals surface area contributed by atoms with Crippen LogP contribution in [0, 0.1) is 0 Å². The van der Waals surface area contributed by atoms with Gasteiger partial charge in [0.2, 0.25) is 0 Å². The van der Waals surface area contributed by atoms with Crippen molar-refractivity contribution in [3.05, 3.63) is 71.2 Å². The van der Waals surface area contributed by atoms with Gasteiger partial charge in [-0.2, -0.15) is 0 Å². The van der Waals surface area contributed by atoms with Crippen molar-refractivity contribution in [3.8, 4) is 16.3 Å². The standard InChI is InChI=1S/C19H15NO4S/c1-2-23-18(21)14-8-10-15(11-9-14)24-19(22)16-12-25-17(20-16)13-6-4-3-5-7-13/h3-12H,2H2,1H3. The van der Waals surface area contributed by atoms with Gasteiger partial charge in [0.1, 0.15) is 10.8 Å². The maximum atomic E-state index is 12.2. The van der Waals surface area contributed by atoms with Crippen molar-refractivity contribution in [2.45, 2.75) is 6.92 Å². The summed E-state index contributed by atoms with van der Waals surface area (Å²) in [5, 5.41) is 2.42. The fourth-order valence-electron chi connectivity index (χ4n) is 2.11. The molecule has 3 rings (SSSR count). The van der Waals surface area contributed by atoms with E-state index in [2.05, 4.69) is 4.98 Å². The molecule has 1 heterocycles. The molecule has 0 spiro atoms. The molecule has 2 aromatic carbocycles. The maximum absolute atomic E-state index is 12.2. The van der Waals surface area contributed by atoms with Crippen molar-refractivity contribution >= 4 is 23.3 Å². The van der Waals surface area contributed by atoms with Crippen LogP contribution in [0.3, 0.4) is 0 Å². The van der Waals surface area contributed by atoms with Crippen molar-refractivity contribution in [2.24, 2.45) is 0 Å². The van der Waals surface area contributed by atoms with Crippen LogP contribution in [0.1, 0.15) is 27.8 Å². The molecule has 25 heavy (non-hydrogen) atoms. The fraction of sp³-hybridized carbons (Fsp3) is 0.105. The van der Waals surface area contributed by atoms with Gasteiger partial charge in [0.15, 0.2) is 5.69 Å². The molecule has 1 aromatic heterocycles. The van der Waals surface area contributed by atoms with Crippen molar-refractivity contribution in [3.63, 3.8) is 0 Å². The molecule has 0 saturated carbocycles. The van der Waals surface area contributed by atoms with Crippen LogP contribution in [0.25, 0.3) is 10.6 Å². The fourth-order valence-corrected chi connectivity index (χ4v) is 2.91. The molecule has 0 amide bonds. The van der Waals surface area contributed by atoms with E-state index < -0.39 is 11.9 Å². The molecule has 0 atom stereocenters. The van der Waals surface area contributed by atoms with Crippen LogP contribution in [-0.4, -0.2) is 23.5 Å². The van der Waals surface area contributed by atoms with Gasteiger partial charge >= 0.3 is 11.9 Å². The largest absolute Gasteiger partial charge is 0.462 e. The Hall–Kier alpha value is -2.99. The molecular weight excluding hydrogens is 338 g/mol. The Morgan fingerprint density at radius 1 is 1.00 bits per heavy atom. The third-order valence-electron chi connectivity index (χ3n) is 3.31.